The summed E-state index contributed by atoms with van der Waals surface area (Å²) >= 11 is 0. The molecule has 1 aromatic rings. The van der Waals surface area contributed by atoms with Gasteiger partial charge in [0.15, 0.2) is 0 Å². The Labute approximate surface area is 137 Å². The summed E-state index contributed by atoms with van der Waals surface area (Å²) in [6.07, 6.45) is 7.73. The maximum absolute atomic E-state index is 12.8. The molecule has 2 aliphatic rings. The number of carbonyl (C=O) groups is 1. The molecule has 6 nitrogen and oxygen atoms in total. The van der Waals surface area contributed by atoms with E-state index < -0.39 is 0 Å². The van der Waals surface area contributed by atoms with Crippen LogP contribution < -0.4 is 0 Å². The molecular formula is C17H27N3O3. The van der Waals surface area contributed by atoms with Crippen LogP contribution in [0.25, 0.3) is 0 Å². The van der Waals surface area contributed by atoms with Gasteiger partial charge in [0.2, 0.25) is 0 Å². The lowest BCUT2D eigenvalue weighted by atomic mass is 9.80. The zero-order valence-electron chi connectivity index (χ0n) is 13.9. The van der Waals surface area contributed by atoms with Crippen LogP contribution in [0.5, 0.6) is 0 Å². The van der Waals surface area contributed by atoms with Gasteiger partial charge in [-0.1, -0.05) is 12.8 Å². The highest BCUT2D eigenvalue weighted by Gasteiger charge is 2.39. The molecule has 2 fully saturated rings. The predicted octanol–water partition coefficient (Wildman–Crippen LogP) is 1.69. The number of likely N-dealkylation sites (tertiary alicyclic amines) is 1. The van der Waals surface area contributed by atoms with E-state index in [2.05, 4.69) is 5.10 Å². The minimum atomic E-state index is -0.263. The first-order chi connectivity index (χ1) is 11.2. The molecule has 1 N–H and O–H groups in total. The van der Waals surface area contributed by atoms with E-state index in [0.29, 0.717) is 18.8 Å². The van der Waals surface area contributed by atoms with E-state index in [4.69, 9.17) is 4.74 Å². The highest BCUT2D eigenvalue weighted by molar-refractivity contribution is 5.92. The summed E-state index contributed by atoms with van der Waals surface area (Å²) in [5, 5.41) is 14.7. The van der Waals surface area contributed by atoms with Crippen molar-refractivity contribution in [2.75, 3.05) is 20.3 Å². The van der Waals surface area contributed by atoms with Crippen molar-refractivity contribution in [2.24, 2.45) is 5.92 Å². The third-order valence-electron chi connectivity index (χ3n) is 5.22. The molecule has 1 aromatic heterocycles. The Bertz CT molecular complexity index is 531. The zero-order valence-corrected chi connectivity index (χ0v) is 13.9. The van der Waals surface area contributed by atoms with Crippen LogP contribution in [0.3, 0.4) is 0 Å². The van der Waals surface area contributed by atoms with E-state index >= 15 is 0 Å². The van der Waals surface area contributed by atoms with Gasteiger partial charge in [0.05, 0.1) is 19.3 Å². The fourth-order valence-electron chi connectivity index (χ4n) is 4.01. The molecule has 0 bridgehead atoms. The summed E-state index contributed by atoms with van der Waals surface area (Å²) in [6, 6.07) is 1.95. The minimum Gasteiger partial charge on any atom is -0.393 e. The number of aromatic nitrogens is 2. The molecule has 1 amide bonds. The molecule has 1 saturated heterocycles. The number of amides is 1. The molecule has 1 aliphatic heterocycles. The maximum atomic E-state index is 12.8. The molecule has 3 rings (SSSR count). The summed E-state index contributed by atoms with van der Waals surface area (Å²) in [7, 11) is 1.65. The summed E-state index contributed by atoms with van der Waals surface area (Å²) in [4.78, 5) is 14.8. The van der Waals surface area contributed by atoms with Gasteiger partial charge in [-0.25, -0.2) is 0 Å². The van der Waals surface area contributed by atoms with E-state index in [1.54, 1.807) is 17.9 Å². The zero-order chi connectivity index (χ0) is 16.2. The molecule has 0 unspecified atom stereocenters. The smallest absolute Gasteiger partial charge is 0.274 e. The molecule has 1 saturated carbocycles. The van der Waals surface area contributed by atoms with Crippen LogP contribution in [0.4, 0.5) is 0 Å². The Morgan fingerprint density at radius 2 is 2.17 bits per heavy atom. The second-order valence-electron chi connectivity index (χ2n) is 6.68. The van der Waals surface area contributed by atoms with Gasteiger partial charge in [0.1, 0.15) is 5.69 Å². The van der Waals surface area contributed by atoms with Crippen molar-refractivity contribution in [1.29, 1.82) is 0 Å². The Morgan fingerprint density at radius 1 is 1.35 bits per heavy atom. The van der Waals surface area contributed by atoms with Gasteiger partial charge in [0, 0.05) is 31.8 Å². The number of ether oxygens (including phenoxy) is 1. The van der Waals surface area contributed by atoms with Gasteiger partial charge < -0.3 is 14.7 Å². The molecule has 0 spiro atoms. The van der Waals surface area contributed by atoms with Crippen molar-refractivity contribution in [1.82, 2.24) is 14.7 Å². The SMILES string of the molecule is COCCn1ccc(C(=O)N2CCC[C@@H]2[C@H]2CCCC[C@H]2O)n1. The maximum Gasteiger partial charge on any atom is 0.274 e. The van der Waals surface area contributed by atoms with Crippen LogP contribution in [0.2, 0.25) is 0 Å². The number of aliphatic hydroxyl groups is 1. The van der Waals surface area contributed by atoms with Gasteiger partial charge in [0.25, 0.3) is 5.91 Å². The molecular weight excluding hydrogens is 294 g/mol. The summed E-state index contributed by atoms with van der Waals surface area (Å²) in [5.41, 5.74) is 0.498. The number of aliphatic hydroxyl groups excluding tert-OH is 1. The van der Waals surface area contributed by atoms with Gasteiger partial charge in [-0.3, -0.25) is 9.48 Å². The van der Waals surface area contributed by atoms with E-state index in [0.717, 1.165) is 45.1 Å². The van der Waals surface area contributed by atoms with Gasteiger partial charge >= 0.3 is 0 Å². The number of methoxy groups -OCH3 is 1. The van der Waals surface area contributed by atoms with Crippen molar-refractivity contribution < 1.29 is 14.6 Å². The molecule has 1 aliphatic carbocycles. The van der Waals surface area contributed by atoms with Crippen LogP contribution in [-0.4, -0.2) is 58.1 Å². The molecule has 23 heavy (non-hydrogen) atoms. The van der Waals surface area contributed by atoms with Crippen molar-refractivity contribution in [3.8, 4) is 0 Å². The fraction of sp³-hybridized carbons (Fsp3) is 0.765. The number of hydrogen-bond acceptors (Lipinski definition) is 4. The van der Waals surface area contributed by atoms with Crippen LogP contribution in [-0.2, 0) is 11.3 Å². The van der Waals surface area contributed by atoms with Crippen LogP contribution >= 0.6 is 0 Å². The van der Waals surface area contributed by atoms with E-state index in [9.17, 15) is 9.90 Å². The largest absolute Gasteiger partial charge is 0.393 e. The molecule has 2 heterocycles. The van der Waals surface area contributed by atoms with Crippen molar-refractivity contribution in [2.45, 2.75) is 57.2 Å². The third-order valence-corrected chi connectivity index (χ3v) is 5.22. The second kappa shape index (κ2) is 7.45. The van der Waals surface area contributed by atoms with E-state index in [1.807, 2.05) is 11.1 Å². The van der Waals surface area contributed by atoms with Crippen LogP contribution in [0, 0.1) is 5.92 Å². The summed E-state index contributed by atoms with van der Waals surface area (Å²) in [5.74, 6) is 0.229. The topological polar surface area (TPSA) is 67.6 Å². The Kier molecular flexibility index (Phi) is 5.33. The molecule has 128 valence electrons. The first-order valence-electron chi connectivity index (χ1n) is 8.72. The normalized spacial score (nSPS) is 28.3. The van der Waals surface area contributed by atoms with E-state index in [1.165, 1.54) is 0 Å². The number of nitrogens with zero attached hydrogens (tertiary/aromatic N) is 3. The number of carbonyl (C=O) groups excluding carboxylic acids is 1. The molecule has 0 radical (unpaired) electrons. The monoisotopic (exact) mass is 321 g/mol. The van der Waals surface area contributed by atoms with Crippen molar-refractivity contribution in [3.05, 3.63) is 18.0 Å². The Morgan fingerprint density at radius 3 is 2.96 bits per heavy atom. The van der Waals surface area contributed by atoms with Crippen LogP contribution in [0.15, 0.2) is 12.3 Å². The third kappa shape index (κ3) is 3.58. The Hall–Kier alpha value is -1.40. The second-order valence-corrected chi connectivity index (χ2v) is 6.68. The summed E-state index contributed by atoms with van der Waals surface area (Å²) in [6.45, 7) is 2.00. The first kappa shape index (κ1) is 16.5. The quantitative estimate of drug-likeness (QED) is 0.896. The highest BCUT2D eigenvalue weighted by Crippen LogP contribution is 2.35. The lowest BCUT2D eigenvalue weighted by Gasteiger charge is -2.37. The lowest BCUT2D eigenvalue weighted by molar-refractivity contribution is 0.0209. The molecule has 6 heteroatoms. The van der Waals surface area contributed by atoms with Gasteiger partial charge in [-0.2, -0.15) is 5.10 Å². The van der Waals surface area contributed by atoms with E-state index in [-0.39, 0.29) is 24.0 Å². The average Bonchev–Trinajstić information content (AvgIpc) is 3.22. The summed E-state index contributed by atoms with van der Waals surface area (Å²) < 4.78 is 6.79. The van der Waals surface area contributed by atoms with Crippen LogP contribution in [0.1, 0.15) is 49.0 Å². The minimum absolute atomic E-state index is 0.00133. The molecule has 3 atom stereocenters. The van der Waals surface area contributed by atoms with Gasteiger partial charge in [-0.05, 0) is 31.7 Å². The predicted molar refractivity (Wildman–Crippen MR) is 86.1 cm³/mol. The number of rotatable bonds is 5. The average molecular weight is 321 g/mol. The Balaban J connectivity index is 1.69. The fourth-order valence-corrected chi connectivity index (χ4v) is 4.01. The molecule has 0 aromatic carbocycles. The van der Waals surface area contributed by atoms with Crippen molar-refractivity contribution in [3.63, 3.8) is 0 Å². The van der Waals surface area contributed by atoms with Crippen molar-refractivity contribution >= 4 is 5.91 Å². The number of hydrogen-bond donors (Lipinski definition) is 1. The van der Waals surface area contributed by atoms with Gasteiger partial charge in [-0.15, -0.1) is 0 Å². The standard InChI is InChI=1S/C17H27N3O3/c1-23-12-11-19-10-8-14(18-19)17(22)20-9-4-6-15(20)13-5-2-3-7-16(13)21/h8,10,13,15-16,21H,2-7,9,11-12H2,1H3/t13-,15-,16-/m1/s1. The highest BCUT2D eigenvalue weighted by atomic mass is 16.5. The lowest BCUT2D eigenvalue weighted by Crippen LogP contribution is -2.45. The first-order valence-corrected chi connectivity index (χ1v) is 8.72.